The van der Waals surface area contributed by atoms with Crippen LogP contribution in [0.4, 0.5) is 0 Å². The van der Waals surface area contributed by atoms with E-state index in [2.05, 4.69) is 68.5 Å². The molecule has 0 heterocycles. The van der Waals surface area contributed by atoms with Crippen LogP contribution in [-0.2, 0) is 5.41 Å². The minimum Gasteiger partial charge on any atom is -0.633 e. The van der Waals surface area contributed by atoms with E-state index in [1.165, 1.54) is 27.8 Å². The lowest BCUT2D eigenvalue weighted by atomic mass is 9.67. The molecule has 0 spiro atoms. The monoisotopic (exact) mass is 307 g/mol. The first kappa shape index (κ1) is 16.0. The third-order valence-corrected chi connectivity index (χ3v) is 4.80. The highest BCUT2D eigenvalue weighted by Gasteiger charge is 2.33. The molecule has 0 N–H and O–H groups in total. The van der Waals surface area contributed by atoms with Crippen molar-refractivity contribution >= 4 is 5.57 Å². The smallest absolute Gasteiger partial charge is 0.0815 e. The van der Waals surface area contributed by atoms with E-state index in [9.17, 15) is 5.21 Å². The van der Waals surface area contributed by atoms with E-state index in [1.54, 1.807) is 14.1 Å². The Bertz CT molecular complexity index is 699. The second kappa shape index (κ2) is 5.63. The fourth-order valence-electron chi connectivity index (χ4n) is 3.56. The Balaban J connectivity index is 2.12. The van der Waals surface area contributed by atoms with Crippen molar-refractivity contribution in [3.8, 4) is 0 Å². The van der Waals surface area contributed by atoms with Gasteiger partial charge in [0.05, 0.1) is 20.6 Å². The van der Waals surface area contributed by atoms with Gasteiger partial charge in [-0.3, -0.25) is 0 Å². The molecule has 0 saturated heterocycles. The zero-order valence-corrected chi connectivity index (χ0v) is 14.5. The van der Waals surface area contributed by atoms with Crippen LogP contribution in [0.25, 0.3) is 5.57 Å². The summed E-state index contributed by atoms with van der Waals surface area (Å²) < 4.78 is -0.251. The molecule has 0 atom stereocenters. The van der Waals surface area contributed by atoms with Gasteiger partial charge in [0.1, 0.15) is 0 Å². The van der Waals surface area contributed by atoms with E-state index in [1.807, 2.05) is 0 Å². The van der Waals surface area contributed by atoms with Crippen LogP contribution in [0.15, 0.2) is 54.6 Å². The molecule has 0 aromatic heterocycles. The quantitative estimate of drug-likeness (QED) is 0.594. The molecule has 0 radical (unpaired) electrons. The molecular formula is C21H25NO. The van der Waals surface area contributed by atoms with Gasteiger partial charge >= 0.3 is 0 Å². The van der Waals surface area contributed by atoms with Crippen molar-refractivity contribution in [1.82, 2.24) is 0 Å². The van der Waals surface area contributed by atoms with E-state index < -0.39 is 0 Å². The third-order valence-electron chi connectivity index (χ3n) is 4.80. The fourth-order valence-corrected chi connectivity index (χ4v) is 3.56. The van der Waals surface area contributed by atoms with Crippen LogP contribution in [-0.4, -0.2) is 25.3 Å². The predicted octanol–water partition coefficient (Wildman–Crippen LogP) is 4.72. The molecule has 120 valence electrons. The van der Waals surface area contributed by atoms with Crippen LogP contribution in [0.2, 0.25) is 0 Å². The van der Waals surface area contributed by atoms with Gasteiger partial charge < -0.3 is 9.85 Å². The Morgan fingerprint density at radius 1 is 0.913 bits per heavy atom. The van der Waals surface area contributed by atoms with Crippen LogP contribution in [0, 0.1) is 5.21 Å². The first-order valence-electron chi connectivity index (χ1n) is 8.24. The van der Waals surface area contributed by atoms with Gasteiger partial charge in [-0.15, -0.1) is 0 Å². The van der Waals surface area contributed by atoms with E-state index >= 15 is 0 Å². The molecule has 0 amide bonds. The van der Waals surface area contributed by atoms with Crippen molar-refractivity contribution in [2.24, 2.45) is 0 Å². The molecule has 0 fully saturated rings. The summed E-state index contributed by atoms with van der Waals surface area (Å²) in [5.74, 6) is 0. The predicted molar refractivity (Wildman–Crippen MR) is 97.1 cm³/mol. The highest BCUT2D eigenvalue weighted by Crippen LogP contribution is 2.46. The van der Waals surface area contributed by atoms with Crippen molar-refractivity contribution in [2.75, 3.05) is 20.6 Å². The highest BCUT2D eigenvalue weighted by atomic mass is 16.5. The van der Waals surface area contributed by atoms with Gasteiger partial charge in [-0.1, -0.05) is 68.5 Å². The Labute approximate surface area is 139 Å². The first-order valence-corrected chi connectivity index (χ1v) is 8.24. The van der Waals surface area contributed by atoms with E-state index in [-0.39, 0.29) is 10.1 Å². The fraction of sp³-hybridized carbons (Fsp3) is 0.333. The average Bonchev–Trinajstić information content (AvgIpc) is 2.50. The zero-order chi connectivity index (χ0) is 16.7. The maximum Gasteiger partial charge on any atom is 0.0815 e. The minimum atomic E-state index is -0.251. The maximum absolute atomic E-state index is 11.8. The molecule has 0 saturated carbocycles. The van der Waals surface area contributed by atoms with Crippen LogP contribution in [0.5, 0.6) is 0 Å². The van der Waals surface area contributed by atoms with Crippen molar-refractivity contribution < 1.29 is 4.65 Å². The van der Waals surface area contributed by atoms with Crippen LogP contribution < -0.4 is 0 Å². The molecule has 3 rings (SSSR count). The summed E-state index contributed by atoms with van der Waals surface area (Å²) >= 11 is 0. The molecule has 2 aromatic carbocycles. The van der Waals surface area contributed by atoms with Crippen LogP contribution >= 0.6 is 0 Å². The number of nitrogens with zero attached hydrogens (tertiary/aromatic N) is 1. The summed E-state index contributed by atoms with van der Waals surface area (Å²) in [6.45, 7) is 5.18. The van der Waals surface area contributed by atoms with Crippen molar-refractivity contribution in [2.45, 2.75) is 25.7 Å². The number of hydrogen-bond acceptors (Lipinski definition) is 1. The average molecular weight is 307 g/mol. The van der Waals surface area contributed by atoms with Crippen molar-refractivity contribution in [3.05, 3.63) is 82.1 Å². The summed E-state index contributed by atoms with van der Waals surface area (Å²) in [5.41, 5.74) is 6.59. The zero-order valence-electron chi connectivity index (χ0n) is 14.5. The lowest BCUT2D eigenvalue weighted by Crippen LogP contribution is -2.32. The topological polar surface area (TPSA) is 23.1 Å². The molecule has 2 heteroatoms. The molecule has 0 aliphatic heterocycles. The number of hydroxylamine groups is 3. The molecular weight excluding hydrogens is 282 g/mol. The van der Waals surface area contributed by atoms with Gasteiger partial charge in [-0.05, 0) is 27.8 Å². The standard InChI is InChI=1S/C21H25NO/c1-21(2)19-13-7-5-10-17(19)16(12-9-15-22(3,4)23)18-11-6-8-14-20(18)21/h5-8,10-14H,9,15H2,1-4H3. The van der Waals surface area contributed by atoms with Crippen LogP contribution in [0.1, 0.15) is 42.5 Å². The van der Waals surface area contributed by atoms with Gasteiger partial charge in [0.25, 0.3) is 0 Å². The first-order chi connectivity index (χ1) is 10.8. The number of rotatable bonds is 3. The largest absolute Gasteiger partial charge is 0.633 e. The summed E-state index contributed by atoms with van der Waals surface area (Å²) in [5, 5.41) is 11.8. The Kier molecular flexibility index (Phi) is 3.91. The molecule has 23 heavy (non-hydrogen) atoms. The van der Waals surface area contributed by atoms with E-state index in [0.29, 0.717) is 6.54 Å². The number of quaternary nitrogens is 1. The molecule has 2 aromatic rings. The van der Waals surface area contributed by atoms with Crippen molar-refractivity contribution in [1.29, 1.82) is 0 Å². The third kappa shape index (κ3) is 2.97. The van der Waals surface area contributed by atoms with Gasteiger partial charge in [0.15, 0.2) is 0 Å². The summed E-state index contributed by atoms with van der Waals surface area (Å²) in [4.78, 5) is 0. The number of hydrogen-bond donors (Lipinski definition) is 0. The molecule has 0 unspecified atom stereocenters. The Morgan fingerprint density at radius 3 is 1.87 bits per heavy atom. The van der Waals surface area contributed by atoms with Gasteiger partial charge in [0.2, 0.25) is 0 Å². The van der Waals surface area contributed by atoms with Crippen LogP contribution in [0.3, 0.4) is 0 Å². The highest BCUT2D eigenvalue weighted by molar-refractivity contribution is 5.87. The summed E-state index contributed by atoms with van der Waals surface area (Å²) in [7, 11) is 3.40. The van der Waals surface area contributed by atoms with Gasteiger partial charge in [-0.25, -0.2) is 0 Å². The SMILES string of the molecule is CC1(C)c2ccccc2C(=CCC[N+](C)(C)[O-])c2ccccc21. The van der Waals surface area contributed by atoms with Gasteiger partial charge in [-0.2, -0.15) is 0 Å². The molecule has 0 bridgehead atoms. The lowest BCUT2D eigenvalue weighted by molar-refractivity contribution is -0.839. The minimum absolute atomic E-state index is 0.00159. The Hall–Kier alpha value is -1.90. The number of benzene rings is 2. The second-order valence-corrected chi connectivity index (χ2v) is 7.42. The number of fused-ring (bicyclic) bond motifs is 2. The maximum atomic E-state index is 11.8. The normalized spacial score (nSPS) is 15.8. The Morgan fingerprint density at radius 2 is 1.39 bits per heavy atom. The van der Waals surface area contributed by atoms with E-state index in [0.717, 1.165) is 6.42 Å². The second-order valence-electron chi connectivity index (χ2n) is 7.42. The van der Waals surface area contributed by atoms with Gasteiger partial charge in [0, 0.05) is 11.8 Å². The van der Waals surface area contributed by atoms with Crippen molar-refractivity contribution in [3.63, 3.8) is 0 Å². The molecule has 2 nitrogen and oxygen atoms in total. The lowest BCUT2D eigenvalue weighted by Gasteiger charge is -2.37. The molecule has 1 aliphatic rings. The summed E-state index contributed by atoms with van der Waals surface area (Å²) in [6, 6.07) is 17.3. The summed E-state index contributed by atoms with van der Waals surface area (Å²) in [6.07, 6.45) is 3.03. The van der Waals surface area contributed by atoms with E-state index in [4.69, 9.17) is 0 Å². The molecule has 1 aliphatic carbocycles.